The standard InChI is InChI=1S/C32H40ClN3O5S/c1-21(37)35-13-11-29(38)26-8-5-24(26)18-36-19-32(12-3-4-22-16-25(33)7-9-27(22)32)20-41-30-10-6-23(17-28(30)36)31(39)34-42(2,40)15-14-35/h6-7,9-10,16-17,24,26,29,38H,2-5,8,11-15,18-20H2,1H3,(H,34,39,40)/t24-,26+,29+,32-,42?/m0/s1. The van der Waals surface area contributed by atoms with E-state index >= 15 is 0 Å². The highest BCUT2D eigenvalue weighted by atomic mass is 35.5. The van der Waals surface area contributed by atoms with Crippen LogP contribution in [0.4, 0.5) is 5.69 Å². The number of aliphatic hydroxyl groups excluding tert-OH is 1. The number of nitrogens with zero attached hydrogens (tertiary/aromatic N) is 2. The van der Waals surface area contributed by atoms with Crippen LogP contribution in [0.25, 0.3) is 0 Å². The average molecular weight is 614 g/mol. The van der Waals surface area contributed by atoms with Crippen LogP contribution in [0.2, 0.25) is 5.02 Å². The van der Waals surface area contributed by atoms with Crippen molar-refractivity contribution < 1.29 is 23.6 Å². The molecule has 5 atom stereocenters. The summed E-state index contributed by atoms with van der Waals surface area (Å²) in [6.45, 7) is 3.98. The Morgan fingerprint density at radius 1 is 1.19 bits per heavy atom. The molecular weight excluding hydrogens is 574 g/mol. The first-order chi connectivity index (χ1) is 20.0. The Labute approximate surface area is 253 Å². The van der Waals surface area contributed by atoms with Gasteiger partial charge in [0.25, 0.3) is 5.91 Å². The van der Waals surface area contributed by atoms with Gasteiger partial charge < -0.3 is 19.6 Å². The van der Waals surface area contributed by atoms with Gasteiger partial charge >= 0.3 is 0 Å². The van der Waals surface area contributed by atoms with Gasteiger partial charge in [0.2, 0.25) is 5.91 Å². The van der Waals surface area contributed by atoms with Crippen molar-refractivity contribution >= 4 is 44.7 Å². The van der Waals surface area contributed by atoms with E-state index in [0.717, 1.165) is 55.1 Å². The lowest BCUT2D eigenvalue weighted by atomic mass is 9.68. The van der Waals surface area contributed by atoms with Gasteiger partial charge in [-0.25, -0.2) is 4.21 Å². The summed E-state index contributed by atoms with van der Waals surface area (Å²) >= 11 is 6.39. The molecule has 1 spiro atoms. The van der Waals surface area contributed by atoms with E-state index in [-0.39, 0.29) is 35.5 Å². The molecule has 2 aliphatic carbocycles. The van der Waals surface area contributed by atoms with Crippen LogP contribution < -0.4 is 14.4 Å². The highest BCUT2D eigenvalue weighted by Crippen LogP contribution is 2.46. The molecule has 4 aliphatic rings. The second kappa shape index (κ2) is 11.4. The number of ether oxygens (including phenoxy) is 1. The second-order valence-corrected chi connectivity index (χ2v) is 15.3. The van der Waals surface area contributed by atoms with Crippen LogP contribution in [0.15, 0.2) is 36.4 Å². The minimum absolute atomic E-state index is 0.0343. The van der Waals surface area contributed by atoms with Crippen LogP contribution >= 0.6 is 11.6 Å². The molecule has 1 unspecified atom stereocenters. The third-order valence-electron chi connectivity index (χ3n) is 9.83. The number of amides is 2. The number of hydrogen-bond acceptors (Lipinski definition) is 6. The maximum atomic E-state index is 13.4. The highest BCUT2D eigenvalue weighted by Gasteiger charge is 2.44. The number of aliphatic hydroxyl groups is 1. The van der Waals surface area contributed by atoms with Crippen LogP contribution in [0.5, 0.6) is 5.75 Å². The number of carbonyl (C=O) groups excluding carboxylic acids is 2. The van der Waals surface area contributed by atoms with E-state index in [0.29, 0.717) is 31.7 Å². The normalized spacial score (nSPS) is 31.6. The van der Waals surface area contributed by atoms with E-state index in [1.807, 2.05) is 18.2 Å². The number of benzene rings is 2. The van der Waals surface area contributed by atoms with E-state index in [1.165, 1.54) is 18.1 Å². The molecule has 2 bridgehead atoms. The van der Waals surface area contributed by atoms with Crippen LogP contribution in [0.3, 0.4) is 0 Å². The first-order valence-electron chi connectivity index (χ1n) is 14.9. The number of halogens is 1. The molecule has 10 heteroatoms. The van der Waals surface area contributed by atoms with Gasteiger partial charge in [0.1, 0.15) is 5.75 Å². The quantitative estimate of drug-likeness (QED) is 0.439. The van der Waals surface area contributed by atoms with E-state index in [4.69, 9.17) is 16.3 Å². The largest absolute Gasteiger partial charge is 0.490 e. The third-order valence-corrected chi connectivity index (χ3v) is 11.5. The Morgan fingerprint density at radius 3 is 2.79 bits per heavy atom. The van der Waals surface area contributed by atoms with E-state index in [9.17, 15) is 18.9 Å². The predicted octanol–water partition coefficient (Wildman–Crippen LogP) is 3.81. The topological polar surface area (TPSA) is 99.2 Å². The number of anilines is 1. The summed E-state index contributed by atoms with van der Waals surface area (Å²) in [6, 6.07) is 11.6. The van der Waals surface area contributed by atoms with Crippen LogP contribution in [0.1, 0.15) is 60.5 Å². The molecule has 2 aliphatic heterocycles. The number of rotatable bonds is 0. The molecule has 2 aromatic carbocycles. The molecule has 42 heavy (non-hydrogen) atoms. The van der Waals surface area contributed by atoms with Crippen molar-refractivity contribution in [2.24, 2.45) is 11.8 Å². The maximum absolute atomic E-state index is 13.4. The monoisotopic (exact) mass is 613 g/mol. The lowest BCUT2D eigenvalue weighted by Gasteiger charge is -2.46. The average Bonchev–Trinajstić information content (AvgIpc) is 3.07. The molecule has 1 fully saturated rings. The van der Waals surface area contributed by atoms with Gasteiger partial charge in [0, 0.05) is 58.8 Å². The first-order valence-corrected chi connectivity index (χ1v) is 17.2. The van der Waals surface area contributed by atoms with E-state index in [1.54, 1.807) is 11.0 Å². The van der Waals surface area contributed by atoms with Crippen molar-refractivity contribution in [3.05, 3.63) is 58.1 Å². The number of fused-ring (bicyclic) bond motifs is 4. The molecule has 0 aromatic heterocycles. The van der Waals surface area contributed by atoms with Gasteiger partial charge in [-0.3, -0.25) is 14.3 Å². The number of hydrogen-bond donors (Lipinski definition) is 2. The Hall–Kier alpha value is -2.75. The van der Waals surface area contributed by atoms with Gasteiger partial charge in [-0.15, -0.1) is 0 Å². The summed E-state index contributed by atoms with van der Waals surface area (Å²) in [7, 11) is -3.01. The smallest absolute Gasteiger partial charge is 0.262 e. The molecule has 2 aromatic rings. The summed E-state index contributed by atoms with van der Waals surface area (Å²) in [4.78, 5) is 29.6. The van der Waals surface area contributed by atoms with Crippen molar-refractivity contribution in [3.8, 4) is 5.75 Å². The van der Waals surface area contributed by atoms with Crippen LogP contribution in [0, 0.1) is 11.8 Å². The lowest BCUT2D eigenvalue weighted by Crippen LogP contribution is -2.50. The molecule has 2 amide bonds. The van der Waals surface area contributed by atoms with Crippen molar-refractivity contribution in [1.82, 2.24) is 9.62 Å². The summed E-state index contributed by atoms with van der Waals surface area (Å²) in [5.74, 6) is 4.31. The van der Waals surface area contributed by atoms with Gasteiger partial charge in [0.15, 0.2) is 0 Å². The zero-order valence-corrected chi connectivity index (χ0v) is 25.7. The van der Waals surface area contributed by atoms with Crippen LogP contribution in [-0.2, 0) is 26.3 Å². The number of nitrogens with one attached hydrogen (secondary N) is 1. The number of carbonyl (C=O) groups is 2. The first kappa shape index (κ1) is 29.3. The molecule has 0 radical (unpaired) electrons. The van der Waals surface area contributed by atoms with Crippen molar-refractivity contribution in [3.63, 3.8) is 0 Å². The second-order valence-electron chi connectivity index (χ2n) is 12.6. The van der Waals surface area contributed by atoms with Crippen molar-refractivity contribution in [1.29, 1.82) is 0 Å². The fraction of sp³-hybridized carbons (Fsp3) is 0.531. The lowest BCUT2D eigenvalue weighted by molar-refractivity contribution is -0.129. The Kier molecular flexibility index (Phi) is 7.96. The fourth-order valence-electron chi connectivity index (χ4n) is 7.33. The molecule has 0 saturated heterocycles. The van der Waals surface area contributed by atoms with Crippen molar-refractivity contribution in [2.45, 2.75) is 57.0 Å². The van der Waals surface area contributed by atoms with Gasteiger partial charge in [-0.05, 0) is 97.7 Å². The van der Waals surface area contributed by atoms with E-state index in [2.05, 4.69) is 27.6 Å². The Morgan fingerprint density at radius 2 is 2.02 bits per heavy atom. The minimum atomic E-state index is -3.01. The predicted molar refractivity (Wildman–Crippen MR) is 167 cm³/mol. The van der Waals surface area contributed by atoms with Gasteiger partial charge in [-0.2, -0.15) is 0 Å². The maximum Gasteiger partial charge on any atom is 0.262 e. The molecule has 6 rings (SSSR count). The zero-order valence-electron chi connectivity index (χ0n) is 24.1. The van der Waals surface area contributed by atoms with Gasteiger partial charge in [0.05, 0.1) is 24.2 Å². The van der Waals surface area contributed by atoms with E-state index < -0.39 is 21.7 Å². The fourth-order valence-corrected chi connectivity index (χ4v) is 8.60. The molecule has 8 nitrogen and oxygen atoms in total. The Balaban J connectivity index is 1.39. The van der Waals surface area contributed by atoms with Crippen molar-refractivity contribution in [2.75, 3.05) is 43.4 Å². The zero-order chi connectivity index (χ0) is 29.6. The SMILES string of the molecule is C=S1(=O)CCN(C(C)=O)CC[C@@H](O)[C@@H]2CC[C@H]2CN2C[C@@]3(CCCc4cc(Cl)ccc43)COc3ccc(cc32)C(=O)N1. The highest BCUT2D eigenvalue weighted by molar-refractivity contribution is 7.99. The minimum Gasteiger partial charge on any atom is -0.490 e. The third kappa shape index (κ3) is 5.75. The summed E-state index contributed by atoms with van der Waals surface area (Å²) < 4.78 is 22.4. The molecule has 226 valence electrons. The molecule has 2 N–H and O–H groups in total. The Bertz CT molecular complexity index is 1500. The van der Waals surface area contributed by atoms with Gasteiger partial charge in [-0.1, -0.05) is 17.7 Å². The van der Waals surface area contributed by atoms with Crippen LogP contribution in [-0.4, -0.2) is 76.5 Å². The summed E-state index contributed by atoms with van der Waals surface area (Å²) in [5.41, 5.74) is 3.50. The summed E-state index contributed by atoms with van der Waals surface area (Å²) in [5, 5.41) is 12.0. The molecular formula is C32H40ClN3O5S. The number of aryl methyl sites for hydroxylation is 1. The molecule has 1 saturated carbocycles. The molecule has 2 heterocycles. The summed E-state index contributed by atoms with van der Waals surface area (Å²) in [6.07, 6.45) is 4.84.